The van der Waals surface area contributed by atoms with E-state index < -0.39 is 0 Å². The fourth-order valence-corrected chi connectivity index (χ4v) is 4.31. The van der Waals surface area contributed by atoms with Crippen molar-refractivity contribution < 1.29 is 4.74 Å². The second-order valence-electron chi connectivity index (χ2n) is 6.26. The summed E-state index contributed by atoms with van der Waals surface area (Å²) in [6.07, 6.45) is 5.83. The topological polar surface area (TPSA) is 37.4 Å². The third-order valence-electron chi connectivity index (χ3n) is 4.67. The van der Waals surface area contributed by atoms with Crippen molar-refractivity contribution in [3.63, 3.8) is 0 Å². The molecular weight excluding hydrogens is 306 g/mol. The van der Waals surface area contributed by atoms with Crippen LogP contribution >= 0.6 is 11.3 Å². The van der Waals surface area contributed by atoms with Crippen LogP contribution in [0.3, 0.4) is 0 Å². The van der Waals surface area contributed by atoms with Crippen LogP contribution in [-0.4, -0.2) is 31.2 Å². The van der Waals surface area contributed by atoms with Crippen molar-refractivity contribution in [3.05, 3.63) is 45.8 Å². The van der Waals surface area contributed by atoms with Crippen molar-refractivity contribution >= 4 is 17.2 Å². The molecule has 2 aliphatic rings. The number of rotatable bonds is 5. The van der Waals surface area contributed by atoms with Crippen LogP contribution in [0.4, 0.5) is 5.82 Å². The first-order valence-corrected chi connectivity index (χ1v) is 9.36. The Kier molecular flexibility index (Phi) is 4.60. The molecular formula is C18H23N3OS. The molecule has 5 heteroatoms. The minimum Gasteiger partial charge on any atom is -0.372 e. The first kappa shape index (κ1) is 15.1. The van der Waals surface area contributed by atoms with E-state index >= 15 is 0 Å². The van der Waals surface area contributed by atoms with Crippen LogP contribution in [0.5, 0.6) is 0 Å². The molecule has 4 heterocycles. The quantitative estimate of drug-likeness (QED) is 0.914. The molecule has 0 saturated carbocycles. The van der Waals surface area contributed by atoms with E-state index in [9.17, 15) is 0 Å². The molecule has 2 aromatic heterocycles. The Morgan fingerprint density at radius 1 is 1.26 bits per heavy atom. The Labute approximate surface area is 141 Å². The van der Waals surface area contributed by atoms with Crippen molar-refractivity contribution in [2.75, 3.05) is 31.1 Å². The summed E-state index contributed by atoms with van der Waals surface area (Å²) >= 11 is 1.85. The molecule has 23 heavy (non-hydrogen) atoms. The van der Waals surface area contributed by atoms with Gasteiger partial charge >= 0.3 is 0 Å². The molecule has 4 nitrogen and oxygen atoms in total. The molecule has 2 aliphatic heterocycles. The third-order valence-corrected chi connectivity index (χ3v) is 5.67. The summed E-state index contributed by atoms with van der Waals surface area (Å²) in [6.45, 7) is 4.83. The zero-order valence-corrected chi connectivity index (χ0v) is 14.1. The van der Waals surface area contributed by atoms with Crippen LogP contribution in [0.15, 0.2) is 29.8 Å². The van der Waals surface area contributed by atoms with Crippen LogP contribution in [0.25, 0.3) is 0 Å². The van der Waals surface area contributed by atoms with Gasteiger partial charge in [-0.05, 0) is 41.5 Å². The summed E-state index contributed by atoms with van der Waals surface area (Å²) in [5.41, 5.74) is 2.60. The number of thiophene rings is 1. The fraction of sp³-hybridized carbons (Fsp3) is 0.500. The zero-order chi connectivity index (χ0) is 15.5. The molecule has 1 atom stereocenters. The average Bonchev–Trinajstić information content (AvgIpc) is 3.27. The van der Waals surface area contributed by atoms with E-state index in [0.29, 0.717) is 0 Å². The predicted molar refractivity (Wildman–Crippen MR) is 94.1 cm³/mol. The number of ether oxygens (including phenoxy) is 1. The molecule has 0 radical (unpaired) electrons. The van der Waals surface area contributed by atoms with Gasteiger partial charge in [0, 0.05) is 43.7 Å². The van der Waals surface area contributed by atoms with Gasteiger partial charge in [0.1, 0.15) is 5.82 Å². The number of hydrogen-bond acceptors (Lipinski definition) is 5. The maximum Gasteiger partial charge on any atom is 0.128 e. The van der Waals surface area contributed by atoms with Crippen LogP contribution < -0.4 is 10.2 Å². The van der Waals surface area contributed by atoms with Gasteiger partial charge in [-0.2, -0.15) is 0 Å². The monoisotopic (exact) mass is 329 g/mol. The summed E-state index contributed by atoms with van der Waals surface area (Å²) < 4.78 is 5.91. The fourth-order valence-electron chi connectivity index (χ4n) is 3.40. The SMILES string of the molecule is c1cc2c(s1)CCOC2CNCc1ccc(N2CCCC2)nc1. The average molecular weight is 329 g/mol. The predicted octanol–water partition coefficient (Wildman–Crippen LogP) is 3.15. The number of nitrogens with zero attached hydrogens (tertiary/aromatic N) is 2. The smallest absolute Gasteiger partial charge is 0.128 e. The standard InChI is InChI=1S/C18H23N3OS/c1-2-8-21(7-1)18-4-3-14(12-20-18)11-19-13-16-15-6-10-23-17(15)5-9-22-16/h3-4,6,10,12,16,19H,1-2,5,7-9,11,13H2. The number of pyridine rings is 1. The lowest BCUT2D eigenvalue weighted by molar-refractivity contribution is 0.0436. The molecule has 0 bridgehead atoms. The Balaban J connectivity index is 1.30. The molecule has 122 valence electrons. The van der Waals surface area contributed by atoms with Gasteiger partial charge in [-0.1, -0.05) is 6.07 Å². The van der Waals surface area contributed by atoms with E-state index in [0.717, 1.165) is 45.0 Å². The van der Waals surface area contributed by atoms with Gasteiger partial charge in [-0.15, -0.1) is 11.3 Å². The first-order valence-electron chi connectivity index (χ1n) is 8.48. The maximum atomic E-state index is 5.91. The van der Waals surface area contributed by atoms with Crippen LogP contribution in [0.2, 0.25) is 0 Å². The Bertz CT molecular complexity index is 634. The van der Waals surface area contributed by atoms with Crippen molar-refractivity contribution in [1.82, 2.24) is 10.3 Å². The Morgan fingerprint density at radius 2 is 2.17 bits per heavy atom. The van der Waals surface area contributed by atoms with Crippen LogP contribution in [0.1, 0.15) is 34.9 Å². The highest BCUT2D eigenvalue weighted by Gasteiger charge is 2.21. The van der Waals surface area contributed by atoms with Crippen molar-refractivity contribution in [2.45, 2.75) is 31.9 Å². The summed E-state index contributed by atoms with van der Waals surface area (Å²) in [5, 5.41) is 5.69. The zero-order valence-electron chi connectivity index (χ0n) is 13.3. The van der Waals surface area contributed by atoms with E-state index in [4.69, 9.17) is 4.74 Å². The molecule has 2 aromatic rings. The molecule has 4 rings (SSSR count). The number of nitrogens with one attached hydrogen (secondary N) is 1. The minimum atomic E-state index is 0.196. The number of aromatic nitrogens is 1. The molecule has 0 spiro atoms. The summed E-state index contributed by atoms with van der Waals surface area (Å²) in [7, 11) is 0. The Morgan fingerprint density at radius 3 is 3.00 bits per heavy atom. The van der Waals surface area contributed by atoms with E-state index in [1.165, 1.54) is 28.8 Å². The highest BCUT2D eigenvalue weighted by Crippen LogP contribution is 2.30. The summed E-state index contributed by atoms with van der Waals surface area (Å²) in [6, 6.07) is 6.54. The van der Waals surface area contributed by atoms with Crippen LogP contribution in [-0.2, 0) is 17.7 Å². The van der Waals surface area contributed by atoms with E-state index in [2.05, 4.69) is 38.8 Å². The molecule has 0 aromatic carbocycles. The van der Waals surface area contributed by atoms with E-state index in [-0.39, 0.29) is 6.10 Å². The highest BCUT2D eigenvalue weighted by molar-refractivity contribution is 7.10. The highest BCUT2D eigenvalue weighted by atomic mass is 32.1. The lowest BCUT2D eigenvalue weighted by Gasteiger charge is -2.23. The van der Waals surface area contributed by atoms with Crippen LogP contribution in [0, 0.1) is 0 Å². The lowest BCUT2D eigenvalue weighted by atomic mass is 10.1. The van der Waals surface area contributed by atoms with Gasteiger partial charge in [-0.25, -0.2) is 4.98 Å². The van der Waals surface area contributed by atoms with Gasteiger partial charge in [0.2, 0.25) is 0 Å². The molecule has 0 amide bonds. The van der Waals surface area contributed by atoms with Crippen molar-refractivity contribution in [2.24, 2.45) is 0 Å². The van der Waals surface area contributed by atoms with Crippen molar-refractivity contribution in [3.8, 4) is 0 Å². The Hall–Kier alpha value is -1.43. The van der Waals surface area contributed by atoms with E-state index in [1.54, 1.807) is 0 Å². The van der Waals surface area contributed by atoms with E-state index in [1.807, 2.05) is 17.5 Å². The maximum absolute atomic E-state index is 5.91. The molecule has 1 saturated heterocycles. The van der Waals surface area contributed by atoms with Gasteiger partial charge in [0.25, 0.3) is 0 Å². The first-order chi connectivity index (χ1) is 11.4. The molecule has 1 unspecified atom stereocenters. The third kappa shape index (κ3) is 3.42. The number of fused-ring (bicyclic) bond motifs is 1. The van der Waals surface area contributed by atoms with Gasteiger partial charge in [0.05, 0.1) is 12.7 Å². The number of hydrogen-bond donors (Lipinski definition) is 1. The van der Waals surface area contributed by atoms with Gasteiger partial charge < -0.3 is 15.0 Å². The summed E-state index contributed by atoms with van der Waals surface area (Å²) in [5.74, 6) is 1.12. The molecule has 1 N–H and O–H groups in total. The van der Waals surface area contributed by atoms with Gasteiger partial charge in [0.15, 0.2) is 0 Å². The second-order valence-corrected chi connectivity index (χ2v) is 7.26. The normalized spacial score (nSPS) is 20.7. The largest absolute Gasteiger partial charge is 0.372 e. The second kappa shape index (κ2) is 6.99. The number of anilines is 1. The summed E-state index contributed by atoms with van der Waals surface area (Å²) in [4.78, 5) is 8.46. The molecule has 0 aliphatic carbocycles. The minimum absolute atomic E-state index is 0.196. The van der Waals surface area contributed by atoms with Crippen molar-refractivity contribution in [1.29, 1.82) is 0 Å². The van der Waals surface area contributed by atoms with Gasteiger partial charge in [-0.3, -0.25) is 0 Å². The lowest BCUT2D eigenvalue weighted by Crippen LogP contribution is -2.26. The molecule has 1 fully saturated rings.